The summed E-state index contributed by atoms with van der Waals surface area (Å²) in [5.74, 6) is 0.639. The van der Waals surface area contributed by atoms with Crippen LogP contribution in [0, 0.1) is 12.8 Å². The van der Waals surface area contributed by atoms with Gasteiger partial charge in [0, 0.05) is 25.3 Å². The van der Waals surface area contributed by atoms with Gasteiger partial charge in [0.2, 0.25) is 0 Å². The Morgan fingerprint density at radius 3 is 2.60 bits per heavy atom. The molecule has 1 unspecified atom stereocenters. The molecular formula is C17H26N2O. The first-order chi connectivity index (χ1) is 9.63. The number of aliphatic hydroxyl groups excluding tert-OH is 1. The zero-order chi connectivity index (χ0) is 14.2. The summed E-state index contributed by atoms with van der Waals surface area (Å²) in [7, 11) is 2.14. The normalized spacial score (nSPS) is 21.6. The van der Waals surface area contributed by atoms with E-state index in [1.807, 2.05) is 0 Å². The summed E-state index contributed by atoms with van der Waals surface area (Å²) < 4.78 is 0. The summed E-state index contributed by atoms with van der Waals surface area (Å²) in [6.45, 7) is 3.25. The predicted octanol–water partition coefficient (Wildman–Crippen LogP) is 2.32. The van der Waals surface area contributed by atoms with E-state index in [-0.39, 0.29) is 12.1 Å². The molecule has 0 aromatic heterocycles. The minimum Gasteiger partial charge on any atom is -0.394 e. The van der Waals surface area contributed by atoms with E-state index >= 15 is 0 Å². The topological polar surface area (TPSA) is 35.5 Å². The summed E-state index contributed by atoms with van der Waals surface area (Å²) in [4.78, 5) is 2.29. The van der Waals surface area contributed by atoms with Crippen LogP contribution in [0.4, 0.5) is 5.69 Å². The van der Waals surface area contributed by atoms with Crippen molar-refractivity contribution < 1.29 is 5.11 Å². The number of nitrogens with zero attached hydrogens (tertiary/aromatic N) is 1. The summed E-state index contributed by atoms with van der Waals surface area (Å²) in [5.41, 5.74) is 2.41. The van der Waals surface area contributed by atoms with Gasteiger partial charge in [-0.15, -0.1) is 0 Å². The lowest BCUT2D eigenvalue weighted by Crippen LogP contribution is -2.58. The number of benzene rings is 1. The molecule has 0 saturated heterocycles. The largest absolute Gasteiger partial charge is 0.394 e. The summed E-state index contributed by atoms with van der Waals surface area (Å²) >= 11 is 0. The fraction of sp³-hybridized carbons (Fsp3) is 0.647. The Morgan fingerprint density at radius 2 is 2.05 bits per heavy atom. The van der Waals surface area contributed by atoms with Crippen LogP contribution in [0.3, 0.4) is 0 Å². The maximum atomic E-state index is 10.0. The fourth-order valence-corrected chi connectivity index (χ4v) is 3.17. The lowest BCUT2D eigenvalue weighted by atomic mass is 9.92. The average Bonchev–Trinajstić information content (AvgIpc) is 3.30. The Balaban J connectivity index is 1.74. The Bertz CT molecular complexity index is 468. The molecule has 2 saturated carbocycles. The Hall–Kier alpha value is -1.06. The van der Waals surface area contributed by atoms with E-state index in [0.717, 1.165) is 6.54 Å². The Labute approximate surface area is 122 Å². The first-order valence-electron chi connectivity index (χ1n) is 7.79. The number of rotatable bonds is 7. The van der Waals surface area contributed by atoms with Crippen molar-refractivity contribution in [3.63, 3.8) is 0 Å². The molecule has 1 aromatic carbocycles. The van der Waals surface area contributed by atoms with E-state index < -0.39 is 0 Å². The van der Waals surface area contributed by atoms with Crippen LogP contribution in [0.15, 0.2) is 24.3 Å². The summed E-state index contributed by atoms with van der Waals surface area (Å²) in [5, 5.41) is 13.8. The molecular weight excluding hydrogens is 248 g/mol. The molecule has 110 valence electrons. The number of hydrogen-bond acceptors (Lipinski definition) is 3. The molecule has 0 bridgehead atoms. The predicted molar refractivity (Wildman–Crippen MR) is 83.1 cm³/mol. The monoisotopic (exact) mass is 274 g/mol. The number of aryl methyl sites for hydroxylation is 1. The highest BCUT2D eigenvalue weighted by molar-refractivity contribution is 5.48. The van der Waals surface area contributed by atoms with Gasteiger partial charge in [-0.25, -0.2) is 0 Å². The summed E-state index contributed by atoms with van der Waals surface area (Å²) in [6, 6.07) is 9.23. The SMILES string of the molecule is Cc1cccc(N(C)CC(CO)(NC2CC2)C2CC2)c1. The summed E-state index contributed by atoms with van der Waals surface area (Å²) in [6.07, 6.45) is 5.04. The minimum atomic E-state index is -0.111. The first-order valence-corrected chi connectivity index (χ1v) is 7.79. The van der Waals surface area contributed by atoms with Crippen molar-refractivity contribution in [2.75, 3.05) is 25.1 Å². The van der Waals surface area contributed by atoms with E-state index in [1.54, 1.807) is 0 Å². The van der Waals surface area contributed by atoms with Gasteiger partial charge in [-0.05, 0) is 56.2 Å². The van der Waals surface area contributed by atoms with Crippen molar-refractivity contribution in [1.82, 2.24) is 5.32 Å². The van der Waals surface area contributed by atoms with Crippen LogP contribution in [0.5, 0.6) is 0 Å². The van der Waals surface area contributed by atoms with E-state index in [1.165, 1.54) is 36.9 Å². The zero-order valence-electron chi connectivity index (χ0n) is 12.6. The second kappa shape index (κ2) is 5.38. The highest BCUT2D eigenvalue weighted by Gasteiger charge is 2.47. The van der Waals surface area contributed by atoms with Crippen molar-refractivity contribution in [1.29, 1.82) is 0 Å². The van der Waals surface area contributed by atoms with E-state index in [9.17, 15) is 5.11 Å². The Morgan fingerprint density at radius 1 is 1.30 bits per heavy atom. The van der Waals surface area contributed by atoms with Gasteiger partial charge in [0.05, 0.1) is 12.1 Å². The van der Waals surface area contributed by atoms with Gasteiger partial charge in [0.15, 0.2) is 0 Å². The van der Waals surface area contributed by atoms with E-state index in [2.05, 4.69) is 48.5 Å². The quantitative estimate of drug-likeness (QED) is 0.801. The van der Waals surface area contributed by atoms with Gasteiger partial charge >= 0.3 is 0 Å². The minimum absolute atomic E-state index is 0.111. The van der Waals surface area contributed by atoms with Gasteiger partial charge in [-0.3, -0.25) is 0 Å². The highest BCUT2D eigenvalue weighted by atomic mass is 16.3. The third kappa shape index (κ3) is 2.99. The average molecular weight is 274 g/mol. The molecule has 1 atom stereocenters. The molecule has 3 nitrogen and oxygen atoms in total. The van der Waals surface area contributed by atoms with Crippen LogP contribution in [0.25, 0.3) is 0 Å². The van der Waals surface area contributed by atoms with Crippen molar-refractivity contribution in [3.8, 4) is 0 Å². The van der Waals surface area contributed by atoms with Gasteiger partial charge in [-0.1, -0.05) is 12.1 Å². The number of nitrogens with one attached hydrogen (secondary N) is 1. The van der Waals surface area contributed by atoms with Crippen molar-refractivity contribution in [2.45, 2.75) is 44.2 Å². The highest BCUT2D eigenvalue weighted by Crippen LogP contribution is 2.42. The fourth-order valence-electron chi connectivity index (χ4n) is 3.17. The smallest absolute Gasteiger partial charge is 0.0633 e. The second-order valence-corrected chi connectivity index (χ2v) is 6.70. The second-order valence-electron chi connectivity index (χ2n) is 6.70. The van der Waals surface area contributed by atoms with Gasteiger partial charge < -0.3 is 15.3 Å². The van der Waals surface area contributed by atoms with Crippen LogP contribution in [-0.2, 0) is 0 Å². The van der Waals surface area contributed by atoms with Gasteiger partial charge in [0.1, 0.15) is 0 Å². The van der Waals surface area contributed by atoms with Crippen molar-refractivity contribution >= 4 is 5.69 Å². The van der Waals surface area contributed by atoms with Crippen LogP contribution >= 0.6 is 0 Å². The molecule has 2 fully saturated rings. The van der Waals surface area contributed by atoms with E-state index in [0.29, 0.717) is 12.0 Å². The van der Waals surface area contributed by atoms with Gasteiger partial charge in [-0.2, -0.15) is 0 Å². The third-order valence-corrected chi connectivity index (χ3v) is 4.67. The third-order valence-electron chi connectivity index (χ3n) is 4.67. The van der Waals surface area contributed by atoms with Crippen LogP contribution in [0.2, 0.25) is 0 Å². The zero-order valence-corrected chi connectivity index (χ0v) is 12.6. The number of likely N-dealkylation sites (N-methyl/N-ethyl adjacent to an activating group) is 1. The van der Waals surface area contributed by atoms with Gasteiger partial charge in [0.25, 0.3) is 0 Å². The van der Waals surface area contributed by atoms with Crippen LogP contribution in [-0.4, -0.2) is 36.9 Å². The van der Waals surface area contributed by atoms with Crippen LogP contribution < -0.4 is 10.2 Å². The van der Waals surface area contributed by atoms with Crippen molar-refractivity contribution in [2.24, 2.45) is 5.92 Å². The Kier molecular flexibility index (Phi) is 3.74. The molecule has 2 N–H and O–H groups in total. The molecule has 2 aliphatic rings. The van der Waals surface area contributed by atoms with E-state index in [4.69, 9.17) is 0 Å². The molecule has 0 amide bonds. The first kappa shape index (κ1) is 13.9. The molecule has 1 aromatic rings. The lowest BCUT2D eigenvalue weighted by Gasteiger charge is -2.38. The number of hydrogen-bond donors (Lipinski definition) is 2. The lowest BCUT2D eigenvalue weighted by molar-refractivity contribution is 0.142. The maximum absolute atomic E-state index is 10.0. The molecule has 3 heteroatoms. The molecule has 0 heterocycles. The molecule has 2 aliphatic carbocycles. The number of aliphatic hydroxyl groups is 1. The molecule has 0 aliphatic heterocycles. The standard InChI is InChI=1S/C17H26N2O/c1-13-4-3-5-16(10-13)19(2)11-17(12-20,14-6-7-14)18-15-8-9-15/h3-5,10,14-15,18,20H,6-9,11-12H2,1-2H3. The molecule has 0 spiro atoms. The molecule has 0 radical (unpaired) electrons. The molecule has 3 rings (SSSR count). The number of anilines is 1. The molecule has 20 heavy (non-hydrogen) atoms. The maximum Gasteiger partial charge on any atom is 0.0633 e. The van der Waals surface area contributed by atoms with Crippen LogP contribution in [0.1, 0.15) is 31.2 Å². The van der Waals surface area contributed by atoms with Crippen molar-refractivity contribution in [3.05, 3.63) is 29.8 Å².